The van der Waals surface area contributed by atoms with Crippen molar-refractivity contribution >= 4 is 0 Å². The van der Waals surface area contributed by atoms with Crippen LogP contribution in [0.2, 0.25) is 0 Å². The Labute approximate surface area is 73.6 Å². The van der Waals surface area contributed by atoms with E-state index in [4.69, 9.17) is 5.26 Å². The van der Waals surface area contributed by atoms with E-state index in [0.717, 1.165) is 12.0 Å². The fourth-order valence-electron chi connectivity index (χ4n) is 1.36. The molecule has 0 heterocycles. The summed E-state index contributed by atoms with van der Waals surface area (Å²) in [6.07, 6.45) is 1.00. The number of nitriles is 1. The molecule has 62 valence electrons. The Balaban J connectivity index is 3.31. The lowest BCUT2D eigenvalue weighted by Gasteiger charge is -2.06. The van der Waals surface area contributed by atoms with Crippen molar-refractivity contribution in [2.24, 2.45) is 0 Å². The zero-order valence-corrected chi connectivity index (χ0v) is 7.81. The van der Waals surface area contributed by atoms with Gasteiger partial charge >= 0.3 is 0 Å². The van der Waals surface area contributed by atoms with Gasteiger partial charge in [-0.25, -0.2) is 0 Å². The average Bonchev–Trinajstić information content (AvgIpc) is 2.09. The number of hydrogen-bond donors (Lipinski definition) is 0. The van der Waals surface area contributed by atoms with Gasteiger partial charge in [0.15, 0.2) is 0 Å². The van der Waals surface area contributed by atoms with E-state index in [9.17, 15) is 0 Å². The highest BCUT2D eigenvalue weighted by Crippen LogP contribution is 2.16. The van der Waals surface area contributed by atoms with E-state index in [1.54, 1.807) is 0 Å². The Morgan fingerprint density at radius 2 is 2.00 bits per heavy atom. The first-order valence-electron chi connectivity index (χ1n) is 4.19. The predicted molar refractivity (Wildman–Crippen MR) is 50.0 cm³/mol. The summed E-state index contributed by atoms with van der Waals surface area (Å²) in [6.45, 7) is 6.27. The highest BCUT2D eigenvalue weighted by molar-refractivity contribution is 5.42. The van der Waals surface area contributed by atoms with Crippen LogP contribution in [-0.4, -0.2) is 0 Å². The van der Waals surface area contributed by atoms with Crippen molar-refractivity contribution in [3.8, 4) is 6.07 Å². The van der Waals surface area contributed by atoms with E-state index in [2.05, 4.69) is 26.8 Å². The van der Waals surface area contributed by atoms with Crippen molar-refractivity contribution < 1.29 is 0 Å². The second-order valence-electron chi connectivity index (χ2n) is 3.04. The van der Waals surface area contributed by atoms with Gasteiger partial charge in [-0.15, -0.1) is 0 Å². The van der Waals surface area contributed by atoms with Crippen LogP contribution >= 0.6 is 0 Å². The Kier molecular flexibility index (Phi) is 2.50. The smallest absolute Gasteiger partial charge is 0.0991 e. The van der Waals surface area contributed by atoms with Gasteiger partial charge < -0.3 is 0 Å². The third kappa shape index (κ3) is 1.48. The van der Waals surface area contributed by atoms with Gasteiger partial charge in [-0.05, 0) is 49.1 Å². The van der Waals surface area contributed by atoms with Gasteiger partial charge in [0.2, 0.25) is 0 Å². The summed E-state index contributed by atoms with van der Waals surface area (Å²) < 4.78 is 0. The van der Waals surface area contributed by atoms with E-state index in [-0.39, 0.29) is 0 Å². The van der Waals surface area contributed by atoms with Crippen LogP contribution in [0.4, 0.5) is 0 Å². The highest BCUT2D eigenvalue weighted by atomic mass is 14.2. The van der Waals surface area contributed by atoms with Crippen molar-refractivity contribution in [2.75, 3.05) is 0 Å². The molecule has 0 aliphatic rings. The van der Waals surface area contributed by atoms with Crippen LogP contribution < -0.4 is 0 Å². The average molecular weight is 159 g/mol. The van der Waals surface area contributed by atoms with E-state index < -0.39 is 0 Å². The van der Waals surface area contributed by atoms with Gasteiger partial charge in [-0.2, -0.15) is 5.26 Å². The van der Waals surface area contributed by atoms with E-state index in [1.165, 1.54) is 16.7 Å². The zero-order valence-electron chi connectivity index (χ0n) is 7.81. The normalized spacial score (nSPS) is 9.50. The van der Waals surface area contributed by atoms with Gasteiger partial charge in [0.1, 0.15) is 0 Å². The van der Waals surface area contributed by atoms with Crippen LogP contribution in [0.1, 0.15) is 29.2 Å². The Morgan fingerprint density at radius 1 is 1.33 bits per heavy atom. The molecule has 1 rings (SSSR count). The highest BCUT2D eigenvalue weighted by Gasteiger charge is 2.01. The number of nitrogens with zero attached hydrogens (tertiary/aromatic N) is 1. The molecule has 0 saturated heterocycles. The largest absolute Gasteiger partial charge is 0.192 e. The van der Waals surface area contributed by atoms with Crippen molar-refractivity contribution in [1.29, 1.82) is 5.26 Å². The van der Waals surface area contributed by atoms with Crippen LogP contribution in [0, 0.1) is 25.2 Å². The third-order valence-corrected chi connectivity index (χ3v) is 2.28. The number of aryl methyl sites for hydroxylation is 2. The Morgan fingerprint density at radius 3 is 2.50 bits per heavy atom. The molecule has 1 nitrogen and oxygen atoms in total. The lowest BCUT2D eigenvalue weighted by molar-refractivity contribution is 1.09. The lowest BCUT2D eigenvalue weighted by Crippen LogP contribution is -1.91. The zero-order chi connectivity index (χ0) is 9.14. The monoisotopic (exact) mass is 159 g/mol. The quantitative estimate of drug-likeness (QED) is 0.618. The van der Waals surface area contributed by atoms with E-state index in [0.29, 0.717) is 0 Å². The van der Waals surface area contributed by atoms with Crippen LogP contribution in [0.5, 0.6) is 0 Å². The van der Waals surface area contributed by atoms with Crippen LogP contribution in [0.3, 0.4) is 0 Å². The first kappa shape index (κ1) is 8.80. The first-order valence-corrected chi connectivity index (χ1v) is 4.19. The molecule has 0 atom stereocenters. The fraction of sp³-hybridized carbons (Fsp3) is 0.364. The molecule has 0 radical (unpaired) electrons. The van der Waals surface area contributed by atoms with Crippen LogP contribution in [0.25, 0.3) is 0 Å². The SMILES string of the molecule is CCc1cc(C#N)cc(C)c1C. The summed E-state index contributed by atoms with van der Waals surface area (Å²) >= 11 is 0. The maximum atomic E-state index is 8.72. The van der Waals surface area contributed by atoms with Crippen molar-refractivity contribution in [3.63, 3.8) is 0 Å². The van der Waals surface area contributed by atoms with E-state index >= 15 is 0 Å². The summed E-state index contributed by atoms with van der Waals surface area (Å²) in [6, 6.07) is 6.08. The fourth-order valence-corrected chi connectivity index (χ4v) is 1.36. The van der Waals surface area contributed by atoms with Gasteiger partial charge in [-0.1, -0.05) is 6.92 Å². The van der Waals surface area contributed by atoms with Gasteiger partial charge in [0, 0.05) is 0 Å². The maximum Gasteiger partial charge on any atom is 0.0991 e. The molecule has 0 fully saturated rings. The van der Waals surface area contributed by atoms with Crippen molar-refractivity contribution in [3.05, 3.63) is 34.4 Å². The van der Waals surface area contributed by atoms with Gasteiger partial charge in [-0.3, -0.25) is 0 Å². The van der Waals surface area contributed by atoms with Gasteiger partial charge in [0.05, 0.1) is 11.6 Å². The topological polar surface area (TPSA) is 23.8 Å². The molecule has 0 saturated carbocycles. The Bertz CT molecular complexity index is 332. The second kappa shape index (κ2) is 3.40. The molecule has 1 aromatic carbocycles. The molecule has 0 amide bonds. The molecular weight excluding hydrogens is 146 g/mol. The molecule has 12 heavy (non-hydrogen) atoms. The molecule has 0 spiro atoms. The summed E-state index contributed by atoms with van der Waals surface area (Å²) in [7, 11) is 0. The minimum absolute atomic E-state index is 0.773. The summed E-state index contributed by atoms with van der Waals surface area (Å²) in [4.78, 5) is 0. The van der Waals surface area contributed by atoms with E-state index in [1.807, 2.05) is 12.1 Å². The van der Waals surface area contributed by atoms with Crippen LogP contribution in [0.15, 0.2) is 12.1 Å². The molecule has 0 aliphatic heterocycles. The Hall–Kier alpha value is -1.29. The molecule has 1 heteroatoms. The molecule has 0 N–H and O–H groups in total. The lowest BCUT2D eigenvalue weighted by atomic mass is 9.98. The number of benzene rings is 1. The predicted octanol–water partition coefficient (Wildman–Crippen LogP) is 2.74. The molecule has 0 unspecified atom stereocenters. The maximum absolute atomic E-state index is 8.72. The minimum Gasteiger partial charge on any atom is -0.192 e. The summed E-state index contributed by atoms with van der Waals surface area (Å²) in [5, 5.41) is 8.72. The molecule has 1 aromatic rings. The second-order valence-corrected chi connectivity index (χ2v) is 3.04. The van der Waals surface area contributed by atoms with Crippen molar-refractivity contribution in [2.45, 2.75) is 27.2 Å². The third-order valence-electron chi connectivity index (χ3n) is 2.28. The summed E-state index contributed by atoms with van der Waals surface area (Å²) in [5.74, 6) is 0. The van der Waals surface area contributed by atoms with Crippen molar-refractivity contribution in [1.82, 2.24) is 0 Å². The molecular formula is C11H13N. The molecule has 0 bridgehead atoms. The molecule has 0 aromatic heterocycles. The summed E-state index contributed by atoms with van der Waals surface area (Å²) in [5.41, 5.74) is 4.59. The molecule has 0 aliphatic carbocycles. The minimum atomic E-state index is 0.773. The number of hydrogen-bond acceptors (Lipinski definition) is 1. The standard InChI is InChI=1S/C11H13N/c1-4-11-6-10(7-12)5-8(2)9(11)3/h5-6H,4H2,1-3H3. The van der Waals surface area contributed by atoms with Crippen LogP contribution in [-0.2, 0) is 6.42 Å². The number of rotatable bonds is 1. The first-order chi connectivity index (χ1) is 5.69. The van der Waals surface area contributed by atoms with Gasteiger partial charge in [0.25, 0.3) is 0 Å².